The molecule has 6 heteroatoms. The summed E-state index contributed by atoms with van der Waals surface area (Å²) in [6.07, 6.45) is 1.61. The average Bonchev–Trinajstić information content (AvgIpc) is 2.35. The quantitative estimate of drug-likeness (QED) is 0.754. The molecule has 0 aromatic carbocycles. The fraction of sp³-hybridized carbons (Fsp3) is 0.500. The van der Waals surface area contributed by atoms with Gasteiger partial charge in [-0.3, -0.25) is 9.59 Å². The molecular weight excluding hydrogens is 256 g/mol. The normalized spacial score (nSPS) is 10.8. The first-order valence-electron chi connectivity index (χ1n) is 6.61. The van der Waals surface area contributed by atoms with Gasteiger partial charge in [0.15, 0.2) is 0 Å². The number of amides is 2. The summed E-state index contributed by atoms with van der Waals surface area (Å²) in [6, 6.07) is 3.35. The van der Waals surface area contributed by atoms with E-state index in [1.165, 1.54) is 0 Å². The maximum atomic E-state index is 12.0. The number of carbonyl (C=O) groups excluding carboxylic acids is 2. The maximum absolute atomic E-state index is 12.0. The van der Waals surface area contributed by atoms with Crippen molar-refractivity contribution in [1.82, 2.24) is 15.6 Å². The number of nitrogens with zero attached hydrogens (tertiary/aromatic N) is 1. The van der Waals surface area contributed by atoms with Crippen molar-refractivity contribution >= 4 is 17.6 Å². The van der Waals surface area contributed by atoms with Gasteiger partial charge in [-0.1, -0.05) is 0 Å². The summed E-state index contributed by atoms with van der Waals surface area (Å²) >= 11 is 0. The Morgan fingerprint density at radius 1 is 1.30 bits per heavy atom. The lowest BCUT2D eigenvalue weighted by Gasteiger charge is -2.20. The summed E-state index contributed by atoms with van der Waals surface area (Å²) in [5, 5.41) is 8.38. The van der Waals surface area contributed by atoms with Gasteiger partial charge >= 0.3 is 0 Å². The van der Waals surface area contributed by atoms with Crippen molar-refractivity contribution in [2.24, 2.45) is 0 Å². The van der Waals surface area contributed by atoms with E-state index in [1.54, 1.807) is 18.3 Å². The van der Waals surface area contributed by atoms with Gasteiger partial charge in [-0.15, -0.1) is 0 Å². The van der Waals surface area contributed by atoms with Gasteiger partial charge in [0, 0.05) is 18.3 Å². The zero-order chi connectivity index (χ0) is 15.2. The zero-order valence-corrected chi connectivity index (χ0v) is 12.4. The minimum absolute atomic E-state index is 0.0590. The molecule has 2 amide bonds. The Kier molecular flexibility index (Phi) is 5.49. The van der Waals surface area contributed by atoms with Crippen LogP contribution in [0.25, 0.3) is 0 Å². The molecule has 0 atom stereocenters. The summed E-state index contributed by atoms with van der Waals surface area (Å²) in [5.74, 6) is -0.0263. The second-order valence-corrected chi connectivity index (χ2v) is 5.41. The van der Waals surface area contributed by atoms with Crippen molar-refractivity contribution in [3.05, 3.63) is 23.9 Å². The van der Waals surface area contributed by atoms with Crippen LogP contribution in [0.5, 0.6) is 0 Å². The number of hydrogen-bond donors (Lipinski definition) is 3. The van der Waals surface area contributed by atoms with Crippen LogP contribution in [0.3, 0.4) is 0 Å². The van der Waals surface area contributed by atoms with Gasteiger partial charge < -0.3 is 16.0 Å². The molecule has 0 unspecified atom stereocenters. The van der Waals surface area contributed by atoms with E-state index in [0.717, 1.165) is 0 Å². The first-order valence-corrected chi connectivity index (χ1v) is 6.61. The number of anilines is 1. The van der Waals surface area contributed by atoms with Crippen LogP contribution in [0, 0.1) is 0 Å². The van der Waals surface area contributed by atoms with E-state index >= 15 is 0 Å². The number of aromatic nitrogens is 1. The highest BCUT2D eigenvalue weighted by atomic mass is 16.2. The molecule has 20 heavy (non-hydrogen) atoms. The second kappa shape index (κ2) is 6.88. The zero-order valence-electron chi connectivity index (χ0n) is 12.4. The fourth-order valence-corrected chi connectivity index (χ4v) is 1.62. The Balaban J connectivity index is 2.61. The number of pyridine rings is 1. The Bertz CT molecular complexity index is 480. The molecule has 0 saturated heterocycles. The Hall–Kier alpha value is -2.11. The lowest BCUT2D eigenvalue weighted by Crippen LogP contribution is -2.45. The van der Waals surface area contributed by atoms with Crippen LogP contribution < -0.4 is 16.0 Å². The molecule has 0 aliphatic rings. The molecule has 1 aromatic rings. The van der Waals surface area contributed by atoms with Crippen LogP contribution >= 0.6 is 0 Å². The van der Waals surface area contributed by atoms with Gasteiger partial charge in [-0.25, -0.2) is 4.98 Å². The van der Waals surface area contributed by atoms with E-state index < -0.39 is 0 Å². The molecule has 0 spiro atoms. The van der Waals surface area contributed by atoms with Crippen LogP contribution in [0.2, 0.25) is 0 Å². The SMILES string of the molecule is CCNc1ncccc1C(=O)NCC(=O)NC(C)(C)C. The molecular formula is C14H22N4O2. The summed E-state index contributed by atoms with van der Waals surface area (Å²) < 4.78 is 0. The van der Waals surface area contributed by atoms with Crippen LogP contribution in [0.4, 0.5) is 5.82 Å². The van der Waals surface area contributed by atoms with Crippen molar-refractivity contribution in [2.75, 3.05) is 18.4 Å². The number of nitrogens with one attached hydrogen (secondary N) is 3. The molecule has 0 bridgehead atoms. The van der Waals surface area contributed by atoms with E-state index in [-0.39, 0.29) is 23.9 Å². The predicted octanol–water partition coefficient (Wildman–Crippen LogP) is 1.16. The molecule has 110 valence electrons. The first kappa shape index (κ1) is 15.9. The Morgan fingerprint density at radius 2 is 2.00 bits per heavy atom. The Labute approximate surface area is 119 Å². The van der Waals surface area contributed by atoms with Crippen molar-refractivity contribution in [3.63, 3.8) is 0 Å². The summed E-state index contributed by atoms with van der Waals surface area (Å²) in [6.45, 7) is 8.19. The van der Waals surface area contributed by atoms with Crippen molar-refractivity contribution in [1.29, 1.82) is 0 Å². The topological polar surface area (TPSA) is 83.1 Å². The van der Waals surface area contributed by atoms with Crippen LogP contribution in [-0.4, -0.2) is 35.4 Å². The van der Waals surface area contributed by atoms with E-state index in [2.05, 4.69) is 20.9 Å². The summed E-state index contributed by atoms with van der Waals surface area (Å²) in [7, 11) is 0. The fourth-order valence-electron chi connectivity index (χ4n) is 1.62. The van der Waals surface area contributed by atoms with E-state index in [4.69, 9.17) is 0 Å². The van der Waals surface area contributed by atoms with Crippen LogP contribution in [0.1, 0.15) is 38.1 Å². The van der Waals surface area contributed by atoms with Gasteiger partial charge in [0.1, 0.15) is 5.82 Å². The predicted molar refractivity (Wildman–Crippen MR) is 78.6 cm³/mol. The minimum Gasteiger partial charge on any atom is -0.370 e. The third-order valence-electron chi connectivity index (χ3n) is 2.32. The van der Waals surface area contributed by atoms with Crippen molar-refractivity contribution in [2.45, 2.75) is 33.2 Å². The molecule has 0 radical (unpaired) electrons. The molecule has 1 aromatic heterocycles. The Morgan fingerprint density at radius 3 is 2.60 bits per heavy atom. The molecule has 0 aliphatic carbocycles. The summed E-state index contributed by atoms with van der Waals surface area (Å²) in [5.41, 5.74) is 0.114. The average molecular weight is 278 g/mol. The van der Waals surface area contributed by atoms with Gasteiger partial charge in [-0.2, -0.15) is 0 Å². The third kappa shape index (κ3) is 5.26. The van der Waals surface area contributed by atoms with E-state index in [1.807, 2.05) is 27.7 Å². The van der Waals surface area contributed by atoms with Gasteiger partial charge in [0.05, 0.1) is 12.1 Å². The van der Waals surface area contributed by atoms with Crippen LogP contribution in [0.15, 0.2) is 18.3 Å². The van der Waals surface area contributed by atoms with Crippen molar-refractivity contribution < 1.29 is 9.59 Å². The number of hydrogen-bond acceptors (Lipinski definition) is 4. The highest BCUT2D eigenvalue weighted by molar-refractivity contribution is 6.00. The van der Waals surface area contributed by atoms with Crippen molar-refractivity contribution in [3.8, 4) is 0 Å². The van der Waals surface area contributed by atoms with Gasteiger partial charge in [0.25, 0.3) is 5.91 Å². The lowest BCUT2D eigenvalue weighted by atomic mass is 10.1. The standard InChI is InChI=1S/C14H22N4O2/c1-5-15-12-10(7-6-8-16-12)13(20)17-9-11(19)18-14(2,3)4/h6-8H,5,9H2,1-4H3,(H,15,16)(H,17,20)(H,18,19). The molecule has 3 N–H and O–H groups in total. The van der Waals surface area contributed by atoms with Gasteiger partial charge in [-0.05, 0) is 39.8 Å². The molecule has 0 fully saturated rings. The largest absolute Gasteiger partial charge is 0.370 e. The minimum atomic E-state index is -0.321. The number of carbonyl (C=O) groups is 2. The monoisotopic (exact) mass is 278 g/mol. The van der Waals surface area contributed by atoms with E-state index in [9.17, 15) is 9.59 Å². The highest BCUT2D eigenvalue weighted by Gasteiger charge is 2.16. The van der Waals surface area contributed by atoms with Crippen LogP contribution in [-0.2, 0) is 4.79 Å². The highest BCUT2D eigenvalue weighted by Crippen LogP contribution is 2.10. The maximum Gasteiger partial charge on any atom is 0.255 e. The van der Waals surface area contributed by atoms with Gasteiger partial charge in [0.2, 0.25) is 5.91 Å². The molecule has 0 aliphatic heterocycles. The second-order valence-electron chi connectivity index (χ2n) is 5.41. The molecule has 6 nitrogen and oxygen atoms in total. The lowest BCUT2D eigenvalue weighted by molar-refractivity contribution is -0.121. The molecule has 1 rings (SSSR count). The number of rotatable bonds is 5. The smallest absolute Gasteiger partial charge is 0.255 e. The third-order valence-corrected chi connectivity index (χ3v) is 2.32. The van der Waals surface area contributed by atoms with E-state index in [0.29, 0.717) is 17.9 Å². The molecule has 0 saturated carbocycles. The molecule has 1 heterocycles. The first-order chi connectivity index (χ1) is 9.33. The summed E-state index contributed by atoms with van der Waals surface area (Å²) in [4.78, 5) is 27.8.